The van der Waals surface area contributed by atoms with Crippen molar-refractivity contribution < 1.29 is 85.3 Å². The minimum Gasteiger partial charge on any atom is -0.384 e. The van der Waals surface area contributed by atoms with Crippen LogP contribution in [-0.2, 0) is 23.8 Å². The molecule has 5 nitrogen and oxygen atoms in total. The molecule has 0 aliphatic heterocycles. The molecule has 0 spiro atoms. The van der Waals surface area contributed by atoms with Crippen LogP contribution in [0.15, 0.2) is 0 Å². The first-order valence-corrected chi connectivity index (χ1v) is 5.28. The number of carbonyl (C=O) groups is 2. The summed E-state index contributed by atoms with van der Waals surface area (Å²) in [5, 5.41) is 0. The van der Waals surface area contributed by atoms with Crippen LogP contribution in [0.4, 0.5) is 61.5 Å². The Morgan fingerprint density at radius 1 is 0.481 bits per heavy atom. The quantitative estimate of drug-likeness (QED) is 0.379. The van der Waals surface area contributed by atoms with E-state index >= 15 is 0 Å². The van der Waals surface area contributed by atoms with Crippen LogP contribution in [0, 0.1) is 0 Å². The number of ether oxygens (including phenoxy) is 3. The molecule has 0 aromatic rings. The van der Waals surface area contributed by atoms with Gasteiger partial charge in [-0.3, -0.25) is 0 Å². The number of esters is 2. The average Bonchev–Trinajstić information content (AvgIpc) is 2.31. The molecule has 2 atom stereocenters. The standard InChI is InChI=1S/C8F14O5/c9-3(5(11,12)13,26-7(17,18)19)1(23)25-2(24)4(10,6(14,15)16)27-8(20,21)22. The van der Waals surface area contributed by atoms with Crippen LogP contribution in [0.3, 0.4) is 0 Å². The fourth-order valence-electron chi connectivity index (χ4n) is 0.965. The van der Waals surface area contributed by atoms with Crippen molar-refractivity contribution in [2.75, 3.05) is 0 Å². The van der Waals surface area contributed by atoms with Gasteiger partial charge in [-0.1, -0.05) is 0 Å². The van der Waals surface area contributed by atoms with E-state index in [0.717, 1.165) is 0 Å². The molecule has 0 aliphatic carbocycles. The van der Waals surface area contributed by atoms with E-state index in [4.69, 9.17) is 0 Å². The summed E-state index contributed by atoms with van der Waals surface area (Å²) in [6, 6.07) is 0. The average molecular weight is 442 g/mol. The zero-order valence-corrected chi connectivity index (χ0v) is 11.3. The first-order valence-electron chi connectivity index (χ1n) is 5.28. The van der Waals surface area contributed by atoms with E-state index < -0.39 is 48.7 Å². The summed E-state index contributed by atoms with van der Waals surface area (Å²) in [7, 11) is 0. The van der Waals surface area contributed by atoms with Crippen LogP contribution in [0.1, 0.15) is 0 Å². The summed E-state index contributed by atoms with van der Waals surface area (Å²) < 4.78 is 176. The first-order chi connectivity index (χ1) is 11.5. The lowest BCUT2D eigenvalue weighted by Gasteiger charge is -2.29. The first kappa shape index (κ1) is 25.1. The molecule has 0 radical (unpaired) electrons. The van der Waals surface area contributed by atoms with Crippen molar-refractivity contribution in [3.63, 3.8) is 0 Å². The fourth-order valence-corrected chi connectivity index (χ4v) is 0.965. The van der Waals surface area contributed by atoms with Gasteiger partial charge in [0.05, 0.1) is 0 Å². The fraction of sp³-hybridized carbons (Fsp3) is 0.750. The van der Waals surface area contributed by atoms with Gasteiger partial charge in [0, 0.05) is 0 Å². The number of halogens is 14. The Hall–Kier alpha value is -1.92. The maximum atomic E-state index is 13.2. The lowest BCUT2D eigenvalue weighted by molar-refractivity contribution is -0.441. The summed E-state index contributed by atoms with van der Waals surface area (Å²) in [6.07, 6.45) is -27.5. The largest absolute Gasteiger partial charge is 0.525 e. The summed E-state index contributed by atoms with van der Waals surface area (Å²) >= 11 is 0. The van der Waals surface area contributed by atoms with Crippen molar-refractivity contribution in [3.05, 3.63) is 0 Å². The lowest BCUT2D eigenvalue weighted by atomic mass is 10.2. The Morgan fingerprint density at radius 2 is 0.704 bits per heavy atom. The zero-order chi connectivity index (χ0) is 22.3. The summed E-state index contributed by atoms with van der Waals surface area (Å²) in [5.41, 5.74) is 0. The highest BCUT2D eigenvalue weighted by Gasteiger charge is 2.73. The van der Waals surface area contributed by atoms with Crippen molar-refractivity contribution >= 4 is 11.9 Å². The summed E-state index contributed by atoms with van der Waals surface area (Å²) in [6.45, 7) is 0. The van der Waals surface area contributed by atoms with E-state index in [1.165, 1.54) is 0 Å². The highest BCUT2D eigenvalue weighted by Crippen LogP contribution is 2.43. The van der Waals surface area contributed by atoms with Gasteiger partial charge in [-0.2, -0.15) is 35.1 Å². The highest BCUT2D eigenvalue weighted by atomic mass is 19.4. The van der Waals surface area contributed by atoms with Crippen molar-refractivity contribution in [1.82, 2.24) is 0 Å². The Kier molecular flexibility index (Phi) is 6.42. The van der Waals surface area contributed by atoms with Gasteiger partial charge < -0.3 is 4.74 Å². The van der Waals surface area contributed by atoms with Gasteiger partial charge in [-0.05, 0) is 0 Å². The Bertz CT molecular complexity index is 522. The van der Waals surface area contributed by atoms with Gasteiger partial charge >= 0.3 is 48.7 Å². The van der Waals surface area contributed by atoms with E-state index in [0.29, 0.717) is 0 Å². The van der Waals surface area contributed by atoms with Crippen LogP contribution < -0.4 is 0 Å². The second-order valence-corrected chi connectivity index (χ2v) is 3.96. The number of hydrogen-bond acceptors (Lipinski definition) is 5. The number of carbonyl (C=O) groups excluding carboxylic acids is 2. The van der Waals surface area contributed by atoms with Gasteiger partial charge in [0.2, 0.25) is 0 Å². The van der Waals surface area contributed by atoms with Crippen LogP contribution in [0.2, 0.25) is 0 Å². The monoisotopic (exact) mass is 442 g/mol. The molecule has 19 heteroatoms. The van der Waals surface area contributed by atoms with Crippen LogP contribution >= 0.6 is 0 Å². The maximum absolute atomic E-state index is 13.2. The molecular weight excluding hydrogens is 442 g/mol. The normalized spacial score (nSPS) is 18.4. The van der Waals surface area contributed by atoms with Gasteiger partial charge in [-0.15, -0.1) is 26.3 Å². The van der Waals surface area contributed by atoms with Crippen molar-refractivity contribution in [2.24, 2.45) is 0 Å². The molecular formula is C8F14O5. The SMILES string of the molecule is O=C(OC(=O)C(F)(OC(F)(F)F)C(F)(F)F)C(F)(OC(F)(F)F)C(F)(F)F. The number of alkyl halides is 14. The topological polar surface area (TPSA) is 61.8 Å². The maximum Gasteiger partial charge on any atom is 0.525 e. The number of hydrogen-bond donors (Lipinski definition) is 0. The van der Waals surface area contributed by atoms with Crippen LogP contribution in [0.5, 0.6) is 0 Å². The second-order valence-electron chi connectivity index (χ2n) is 3.96. The molecule has 0 amide bonds. The minimum absolute atomic E-state index is 1.67. The molecule has 0 N–H and O–H groups in total. The van der Waals surface area contributed by atoms with E-state index in [2.05, 4.69) is 4.74 Å². The number of rotatable bonds is 4. The Morgan fingerprint density at radius 3 is 0.852 bits per heavy atom. The molecule has 160 valence electrons. The molecule has 0 aromatic carbocycles. The molecule has 0 heterocycles. The molecule has 0 rings (SSSR count). The van der Waals surface area contributed by atoms with E-state index in [1.54, 1.807) is 9.47 Å². The van der Waals surface area contributed by atoms with Crippen molar-refractivity contribution in [1.29, 1.82) is 0 Å². The highest BCUT2D eigenvalue weighted by molar-refractivity contribution is 5.93. The van der Waals surface area contributed by atoms with Gasteiger partial charge in [0.1, 0.15) is 0 Å². The summed E-state index contributed by atoms with van der Waals surface area (Å²) in [4.78, 5) is 21.4. The Balaban J connectivity index is 5.94. The third-order valence-electron chi connectivity index (χ3n) is 1.95. The van der Waals surface area contributed by atoms with E-state index in [1.807, 2.05) is 0 Å². The zero-order valence-electron chi connectivity index (χ0n) is 11.3. The second kappa shape index (κ2) is 6.91. The van der Waals surface area contributed by atoms with E-state index in [-0.39, 0.29) is 0 Å². The molecule has 0 saturated carbocycles. The van der Waals surface area contributed by atoms with Gasteiger partial charge in [0.25, 0.3) is 0 Å². The lowest BCUT2D eigenvalue weighted by Crippen LogP contribution is -2.58. The predicted molar refractivity (Wildman–Crippen MR) is 45.2 cm³/mol. The van der Waals surface area contributed by atoms with Crippen LogP contribution in [0.25, 0.3) is 0 Å². The molecule has 0 bridgehead atoms. The predicted octanol–water partition coefficient (Wildman–Crippen LogP) is 3.59. The minimum atomic E-state index is -7.10. The third kappa shape index (κ3) is 6.04. The molecule has 0 saturated heterocycles. The van der Waals surface area contributed by atoms with Crippen LogP contribution in [-0.4, -0.2) is 48.7 Å². The Labute approximate surface area is 135 Å². The van der Waals surface area contributed by atoms with Crippen molar-refractivity contribution in [3.8, 4) is 0 Å². The molecule has 0 aromatic heterocycles. The molecule has 0 aliphatic rings. The molecule has 2 unspecified atom stereocenters. The molecule has 27 heavy (non-hydrogen) atoms. The molecule has 0 fully saturated rings. The van der Waals surface area contributed by atoms with Crippen molar-refractivity contribution in [2.45, 2.75) is 36.8 Å². The van der Waals surface area contributed by atoms with E-state index in [9.17, 15) is 71.1 Å². The van der Waals surface area contributed by atoms with Gasteiger partial charge in [-0.25, -0.2) is 19.1 Å². The third-order valence-corrected chi connectivity index (χ3v) is 1.95. The smallest absolute Gasteiger partial charge is 0.384 e. The summed E-state index contributed by atoms with van der Waals surface area (Å²) in [5.74, 6) is -22.1. The van der Waals surface area contributed by atoms with Gasteiger partial charge in [0.15, 0.2) is 0 Å².